The van der Waals surface area contributed by atoms with E-state index >= 15 is 0 Å². The maximum Gasteiger partial charge on any atom is 0.311 e. The van der Waals surface area contributed by atoms with Crippen molar-refractivity contribution in [3.8, 4) is 0 Å². The summed E-state index contributed by atoms with van der Waals surface area (Å²) in [5, 5.41) is 2.46. The summed E-state index contributed by atoms with van der Waals surface area (Å²) < 4.78 is 15.4. The molecular formula is C21H40N2O4. The molecule has 1 aliphatic heterocycles. The standard InChI is InChI=1S/C19H34N2O4.C2H6/c1-23-13-25-19(22)15-3-7-16(8-4-15)21-12-11-18(20-21)14-5-9-17(24-2)10-6-14;1-2/h14-18,20H,3-13H2,1-2H3;1-2H3. The maximum atomic E-state index is 12.0. The Morgan fingerprint density at radius 2 is 1.63 bits per heavy atom. The van der Waals surface area contributed by atoms with E-state index in [0.717, 1.165) is 38.1 Å². The summed E-state index contributed by atoms with van der Waals surface area (Å²) in [6.45, 7) is 5.21. The number of nitrogens with zero attached hydrogens (tertiary/aromatic N) is 1. The van der Waals surface area contributed by atoms with Crippen LogP contribution in [0, 0.1) is 11.8 Å². The van der Waals surface area contributed by atoms with Crippen LogP contribution >= 0.6 is 0 Å². The molecule has 1 heterocycles. The van der Waals surface area contributed by atoms with Crippen molar-refractivity contribution in [2.45, 2.75) is 89.8 Å². The average Bonchev–Trinajstić information content (AvgIpc) is 3.24. The van der Waals surface area contributed by atoms with E-state index in [1.54, 1.807) is 7.11 Å². The molecule has 2 saturated carbocycles. The summed E-state index contributed by atoms with van der Waals surface area (Å²) in [4.78, 5) is 12.0. The monoisotopic (exact) mass is 384 g/mol. The molecule has 1 unspecified atom stereocenters. The molecule has 0 amide bonds. The van der Waals surface area contributed by atoms with E-state index < -0.39 is 0 Å². The molecule has 27 heavy (non-hydrogen) atoms. The number of rotatable bonds is 6. The smallest absolute Gasteiger partial charge is 0.311 e. The second-order valence-electron chi connectivity index (χ2n) is 7.87. The molecule has 6 heteroatoms. The van der Waals surface area contributed by atoms with Crippen molar-refractivity contribution in [2.24, 2.45) is 11.8 Å². The topological polar surface area (TPSA) is 60.0 Å². The number of methoxy groups -OCH3 is 2. The molecule has 0 bridgehead atoms. The zero-order valence-electron chi connectivity index (χ0n) is 17.7. The van der Waals surface area contributed by atoms with Crippen LogP contribution in [0.1, 0.15) is 71.6 Å². The van der Waals surface area contributed by atoms with E-state index in [2.05, 4.69) is 10.4 Å². The van der Waals surface area contributed by atoms with Crippen molar-refractivity contribution in [1.82, 2.24) is 10.4 Å². The Morgan fingerprint density at radius 3 is 2.22 bits per heavy atom. The third kappa shape index (κ3) is 6.41. The molecule has 3 rings (SSSR count). The highest BCUT2D eigenvalue weighted by Crippen LogP contribution is 2.34. The van der Waals surface area contributed by atoms with Crippen molar-refractivity contribution < 1.29 is 19.0 Å². The van der Waals surface area contributed by atoms with Gasteiger partial charge in [0.1, 0.15) is 0 Å². The Kier molecular flexibility index (Phi) is 10.0. The van der Waals surface area contributed by atoms with Gasteiger partial charge in [0.15, 0.2) is 6.79 Å². The summed E-state index contributed by atoms with van der Waals surface area (Å²) in [7, 11) is 3.38. The van der Waals surface area contributed by atoms with Crippen LogP contribution in [0.25, 0.3) is 0 Å². The molecule has 2 aliphatic carbocycles. The van der Waals surface area contributed by atoms with E-state index in [4.69, 9.17) is 14.2 Å². The Bertz CT molecular complexity index is 418. The van der Waals surface area contributed by atoms with E-state index in [1.807, 2.05) is 21.0 Å². The molecule has 0 aromatic carbocycles. The number of hydrogen-bond donors (Lipinski definition) is 1. The van der Waals surface area contributed by atoms with Gasteiger partial charge in [-0.1, -0.05) is 13.8 Å². The summed E-state index contributed by atoms with van der Waals surface area (Å²) >= 11 is 0. The lowest BCUT2D eigenvalue weighted by molar-refractivity contribution is -0.160. The first-order chi connectivity index (χ1) is 13.2. The molecular weight excluding hydrogens is 344 g/mol. The van der Waals surface area contributed by atoms with Gasteiger partial charge < -0.3 is 14.2 Å². The fourth-order valence-electron chi connectivity index (χ4n) is 4.83. The predicted molar refractivity (Wildman–Crippen MR) is 106 cm³/mol. The van der Waals surface area contributed by atoms with Gasteiger partial charge in [0.25, 0.3) is 0 Å². The number of ether oxygens (including phenoxy) is 3. The first-order valence-electron chi connectivity index (χ1n) is 10.9. The molecule has 3 aliphatic rings. The molecule has 0 aromatic rings. The third-order valence-corrected chi connectivity index (χ3v) is 6.42. The highest BCUT2D eigenvalue weighted by molar-refractivity contribution is 5.72. The van der Waals surface area contributed by atoms with Gasteiger partial charge in [-0.2, -0.15) is 0 Å². The van der Waals surface area contributed by atoms with Gasteiger partial charge in [-0.15, -0.1) is 0 Å². The zero-order chi connectivity index (χ0) is 19.6. The fraction of sp³-hybridized carbons (Fsp3) is 0.952. The van der Waals surface area contributed by atoms with Crippen LogP contribution in [0.4, 0.5) is 0 Å². The van der Waals surface area contributed by atoms with Gasteiger partial charge in [0.2, 0.25) is 0 Å². The van der Waals surface area contributed by atoms with E-state index in [9.17, 15) is 4.79 Å². The fourth-order valence-corrected chi connectivity index (χ4v) is 4.83. The number of carbonyl (C=O) groups is 1. The maximum absolute atomic E-state index is 12.0. The van der Waals surface area contributed by atoms with Gasteiger partial charge >= 0.3 is 5.97 Å². The molecule has 158 valence electrons. The van der Waals surface area contributed by atoms with Crippen LogP contribution in [0.15, 0.2) is 0 Å². The van der Waals surface area contributed by atoms with E-state index in [0.29, 0.717) is 18.2 Å². The Morgan fingerprint density at radius 1 is 0.963 bits per heavy atom. The largest absolute Gasteiger partial charge is 0.438 e. The number of nitrogens with one attached hydrogen (secondary N) is 1. The van der Waals surface area contributed by atoms with E-state index in [-0.39, 0.29) is 18.7 Å². The van der Waals surface area contributed by atoms with Gasteiger partial charge in [0, 0.05) is 32.8 Å². The van der Waals surface area contributed by atoms with Crippen molar-refractivity contribution in [2.75, 3.05) is 27.6 Å². The second kappa shape index (κ2) is 12.0. The van der Waals surface area contributed by atoms with Crippen LogP contribution in [0.2, 0.25) is 0 Å². The Labute approximate surface area is 165 Å². The Balaban J connectivity index is 0.00000126. The van der Waals surface area contributed by atoms with Crippen molar-refractivity contribution in [1.29, 1.82) is 0 Å². The molecule has 0 radical (unpaired) electrons. The molecule has 1 saturated heterocycles. The van der Waals surface area contributed by atoms with Crippen molar-refractivity contribution >= 4 is 5.97 Å². The molecule has 1 atom stereocenters. The van der Waals surface area contributed by atoms with Gasteiger partial charge in [-0.05, 0) is 63.7 Å². The minimum atomic E-state index is -0.0949. The van der Waals surface area contributed by atoms with Crippen LogP contribution in [0.5, 0.6) is 0 Å². The number of esters is 1. The molecule has 0 spiro atoms. The summed E-state index contributed by atoms with van der Waals surface area (Å²) in [6, 6.07) is 1.19. The van der Waals surface area contributed by atoms with Gasteiger partial charge in [-0.25, -0.2) is 5.01 Å². The lowest BCUT2D eigenvalue weighted by Gasteiger charge is -2.36. The lowest BCUT2D eigenvalue weighted by Crippen LogP contribution is -2.47. The minimum absolute atomic E-state index is 0.0501. The minimum Gasteiger partial charge on any atom is -0.438 e. The lowest BCUT2D eigenvalue weighted by atomic mass is 9.82. The first kappa shape index (κ1) is 22.6. The van der Waals surface area contributed by atoms with Crippen molar-refractivity contribution in [3.05, 3.63) is 0 Å². The summed E-state index contributed by atoms with van der Waals surface area (Å²) in [5.74, 6) is 0.744. The first-order valence-corrected chi connectivity index (χ1v) is 10.9. The molecule has 3 fully saturated rings. The van der Waals surface area contributed by atoms with Crippen LogP contribution in [-0.4, -0.2) is 56.7 Å². The molecule has 1 N–H and O–H groups in total. The number of hydrazine groups is 1. The zero-order valence-corrected chi connectivity index (χ0v) is 17.7. The summed E-state index contributed by atoms with van der Waals surface area (Å²) in [6.07, 6.45) is 10.7. The molecule has 0 aromatic heterocycles. The van der Waals surface area contributed by atoms with Crippen LogP contribution in [0.3, 0.4) is 0 Å². The Hall–Kier alpha value is -0.690. The van der Waals surface area contributed by atoms with Crippen LogP contribution in [-0.2, 0) is 19.0 Å². The number of hydrogen-bond acceptors (Lipinski definition) is 6. The van der Waals surface area contributed by atoms with Gasteiger partial charge in [-0.3, -0.25) is 10.2 Å². The highest BCUT2D eigenvalue weighted by Gasteiger charge is 2.37. The second-order valence-corrected chi connectivity index (χ2v) is 7.87. The van der Waals surface area contributed by atoms with Crippen LogP contribution < -0.4 is 5.43 Å². The normalized spacial score (nSPS) is 34.6. The predicted octanol–water partition coefficient (Wildman–Crippen LogP) is 3.50. The third-order valence-electron chi connectivity index (χ3n) is 6.42. The summed E-state index contributed by atoms with van der Waals surface area (Å²) in [5.41, 5.74) is 3.80. The average molecular weight is 385 g/mol. The van der Waals surface area contributed by atoms with E-state index in [1.165, 1.54) is 32.1 Å². The van der Waals surface area contributed by atoms with Gasteiger partial charge in [0.05, 0.1) is 12.0 Å². The number of carbonyl (C=O) groups excluding carboxylic acids is 1. The SMILES string of the molecule is CC.COCOC(=O)C1CCC(N2CCC(C3CCC(OC)CC3)N2)CC1. The molecule has 6 nitrogen and oxygen atoms in total. The van der Waals surface area contributed by atoms with Crippen molar-refractivity contribution in [3.63, 3.8) is 0 Å². The highest BCUT2D eigenvalue weighted by atomic mass is 16.7. The quantitative estimate of drug-likeness (QED) is 0.559.